The molecule has 2 rings (SSSR count). The molecule has 1 unspecified atom stereocenters. The van der Waals surface area contributed by atoms with E-state index in [1.165, 1.54) is 0 Å². The molecule has 0 aliphatic rings. The van der Waals surface area contributed by atoms with Crippen LogP contribution in [0.3, 0.4) is 0 Å². The molecule has 0 bridgehead atoms. The number of benzene rings is 2. The third-order valence-corrected chi connectivity index (χ3v) is 4.98. The fourth-order valence-electron chi connectivity index (χ4n) is 2.98. The summed E-state index contributed by atoms with van der Waals surface area (Å²) < 4.78 is 5.81. The van der Waals surface area contributed by atoms with Gasteiger partial charge in [-0.2, -0.15) is 0 Å². The normalized spacial score (nSPS) is 11.8. The van der Waals surface area contributed by atoms with Crippen LogP contribution in [0.1, 0.15) is 43.0 Å². The van der Waals surface area contributed by atoms with Crippen LogP contribution in [-0.2, 0) is 16.1 Å². The number of hydrogen-bond acceptors (Lipinski definition) is 3. The molecule has 5 nitrogen and oxygen atoms in total. The van der Waals surface area contributed by atoms with E-state index in [1.807, 2.05) is 77.1 Å². The SMILES string of the molecule is Cc1ccc(CN(C(=O)COc2cccc(C)c2C)C(C)C(=O)NC(C)C)cc1. The Morgan fingerprint density at radius 3 is 2.28 bits per heavy atom. The molecule has 0 saturated carbocycles. The van der Waals surface area contributed by atoms with Gasteiger partial charge in [0.2, 0.25) is 5.91 Å². The van der Waals surface area contributed by atoms with Gasteiger partial charge in [-0.1, -0.05) is 42.0 Å². The summed E-state index contributed by atoms with van der Waals surface area (Å²) in [6, 6.07) is 13.1. The molecule has 0 saturated heterocycles. The molecule has 156 valence electrons. The predicted octanol–water partition coefficient (Wildman–Crippen LogP) is 3.93. The van der Waals surface area contributed by atoms with E-state index in [0.717, 1.165) is 22.3 Å². The number of amides is 2. The highest BCUT2D eigenvalue weighted by Crippen LogP contribution is 2.21. The van der Waals surface area contributed by atoms with Crippen molar-refractivity contribution in [3.05, 3.63) is 64.7 Å². The Morgan fingerprint density at radius 1 is 1.00 bits per heavy atom. The van der Waals surface area contributed by atoms with E-state index in [1.54, 1.807) is 11.8 Å². The Hall–Kier alpha value is -2.82. The number of nitrogens with one attached hydrogen (secondary N) is 1. The van der Waals surface area contributed by atoms with Crippen LogP contribution in [0.4, 0.5) is 0 Å². The molecule has 5 heteroatoms. The second-order valence-corrected chi connectivity index (χ2v) is 7.83. The summed E-state index contributed by atoms with van der Waals surface area (Å²) >= 11 is 0. The van der Waals surface area contributed by atoms with Gasteiger partial charge in [-0.15, -0.1) is 0 Å². The zero-order chi connectivity index (χ0) is 21.6. The largest absolute Gasteiger partial charge is 0.483 e. The number of rotatable bonds is 8. The van der Waals surface area contributed by atoms with Gasteiger partial charge in [-0.05, 0) is 64.3 Å². The first-order chi connectivity index (χ1) is 13.7. The monoisotopic (exact) mass is 396 g/mol. The summed E-state index contributed by atoms with van der Waals surface area (Å²) in [7, 11) is 0. The molecule has 2 aromatic rings. The lowest BCUT2D eigenvalue weighted by Crippen LogP contribution is -2.50. The molecule has 1 atom stereocenters. The average molecular weight is 397 g/mol. The van der Waals surface area contributed by atoms with Crippen molar-refractivity contribution in [1.29, 1.82) is 0 Å². The Labute approximate surface area is 174 Å². The van der Waals surface area contributed by atoms with Gasteiger partial charge < -0.3 is 15.0 Å². The van der Waals surface area contributed by atoms with Crippen molar-refractivity contribution < 1.29 is 14.3 Å². The highest BCUT2D eigenvalue weighted by molar-refractivity contribution is 5.88. The molecule has 0 aliphatic carbocycles. The smallest absolute Gasteiger partial charge is 0.261 e. The summed E-state index contributed by atoms with van der Waals surface area (Å²) in [5.74, 6) is 0.290. The van der Waals surface area contributed by atoms with E-state index in [0.29, 0.717) is 12.3 Å². The van der Waals surface area contributed by atoms with Gasteiger partial charge in [0.1, 0.15) is 11.8 Å². The number of aryl methyl sites for hydroxylation is 2. The lowest BCUT2D eigenvalue weighted by atomic mass is 10.1. The maximum Gasteiger partial charge on any atom is 0.261 e. The molecule has 0 radical (unpaired) electrons. The van der Waals surface area contributed by atoms with Crippen LogP contribution in [-0.4, -0.2) is 35.4 Å². The number of nitrogens with zero attached hydrogens (tertiary/aromatic N) is 1. The fourth-order valence-corrected chi connectivity index (χ4v) is 2.98. The Bertz CT molecular complexity index is 844. The quantitative estimate of drug-likeness (QED) is 0.735. The molecule has 0 heterocycles. The first-order valence-electron chi connectivity index (χ1n) is 10.0. The number of carbonyl (C=O) groups is 2. The molecular weight excluding hydrogens is 364 g/mol. The first-order valence-corrected chi connectivity index (χ1v) is 10.0. The summed E-state index contributed by atoms with van der Waals surface area (Å²) in [6.45, 7) is 11.8. The van der Waals surface area contributed by atoms with Crippen molar-refractivity contribution in [2.24, 2.45) is 0 Å². The number of hydrogen-bond donors (Lipinski definition) is 1. The zero-order valence-electron chi connectivity index (χ0n) is 18.3. The predicted molar refractivity (Wildman–Crippen MR) is 116 cm³/mol. The number of carbonyl (C=O) groups excluding carboxylic acids is 2. The zero-order valence-corrected chi connectivity index (χ0v) is 18.3. The molecule has 0 aliphatic heterocycles. The van der Waals surface area contributed by atoms with Crippen LogP contribution >= 0.6 is 0 Å². The maximum atomic E-state index is 13.0. The van der Waals surface area contributed by atoms with E-state index >= 15 is 0 Å². The van der Waals surface area contributed by atoms with Crippen LogP contribution < -0.4 is 10.1 Å². The minimum Gasteiger partial charge on any atom is -0.483 e. The van der Waals surface area contributed by atoms with Crippen molar-refractivity contribution in [3.8, 4) is 5.75 Å². The minimum atomic E-state index is -0.603. The first kappa shape index (κ1) is 22.5. The topological polar surface area (TPSA) is 58.6 Å². The molecule has 1 N–H and O–H groups in total. The molecular formula is C24H32N2O3. The van der Waals surface area contributed by atoms with Gasteiger partial charge in [0.25, 0.3) is 5.91 Å². The van der Waals surface area contributed by atoms with Crippen LogP contribution in [0.15, 0.2) is 42.5 Å². The summed E-state index contributed by atoms with van der Waals surface area (Å²) in [5, 5.41) is 2.89. The highest BCUT2D eigenvalue weighted by atomic mass is 16.5. The highest BCUT2D eigenvalue weighted by Gasteiger charge is 2.27. The standard InChI is InChI=1S/C24H32N2O3/c1-16(2)25-24(28)20(6)26(14-21-12-10-17(3)11-13-21)23(27)15-29-22-9-7-8-18(4)19(22)5/h7-13,16,20H,14-15H2,1-6H3,(H,25,28). The van der Waals surface area contributed by atoms with Gasteiger partial charge >= 0.3 is 0 Å². The van der Waals surface area contributed by atoms with E-state index in [-0.39, 0.29) is 24.5 Å². The lowest BCUT2D eigenvalue weighted by Gasteiger charge is -2.29. The van der Waals surface area contributed by atoms with Crippen molar-refractivity contribution in [1.82, 2.24) is 10.2 Å². The van der Waals surface area contributed by atoms with Gasteiger partial charge in [-0.25, -0.2) is 0 Å². The summed E-state index contributed by atoms with van der Waals surface area (Å²) in [5.41, 5.74) is 4.24. The van der Waals surface area contributed by atoms with Gasteiger partial charge in [0.15, 0.2) is 6.61 Å². The van der Waals surface area contributed by atoms with Crippen molar-refractivity contribution in [3.63, 3.8) is 0 Å². The van der Waals surface area contributed by atoms with Crippen molar-refractivity contribution >= 4 is 11.8 Å². The van der Waals surface area contributed by atoms with Gasteiger partial charge in [-0.3, -0.25) is 9.59 Å². The van der Waals surface area contributed by atoms with E-state index in [4.69, 9.17) is 4.74 Å². The molecule has 29 heavy (non-hydrogen) atoms. The Kier molecular flexibility index (Phi) is 7.82. The van der Waals surface area contributed by atoms with Crippen molar-refractivity contribution in [2.45, 2.75) is 60.2 Å². The Balaban J connectivity index is 2.17. The Morgan fingerprint density at radius 2 is 1.66 bits per heavy atom. The number of ether oxygens (including phenoxy) is 1. The second-order valence-electron chi connectivity index (χ2n) is 7.83. The minimum absolute atomic E-state index is 0.00692. The molecule has 0 aromatic heterocycles. The summed E-state index contributed by atoms with van der Waals surface area (Å²) in [4.78, 5) is 27.2. The molecule has 2 aromatic carbocycles. The van der Waals surface area contributed by atoms with Crippen LogP contribution in [0.5, 0.6) is 5.75 Å². The average Bonchev–Trinajstić information content (AvgIpc) is 2.67. The van der Waals surface area contributed by atoms with Gasteiger partial charge in [0.05, 0.1) is 0 Å². The van der Waals surface area contributed by atoms with Crippen LogP contribution in [0, 0.1) is 20.8 Å². The van der Waals surface area contributed by atoms with Crippen LogP contribution in [0.2, 0.25) is 0 Å². The lowest BCUT2D eigenvalue weighted by molar-refractivity contribution is -0.142. The van der Waals surface area contributed by atoms with Crippen molar-refractivity contribution in [2.75, 3.05) is 6.61 Å². The maximum absolute atomic E-state index is 13.0. The van der Waals surface area contributed by atoms with E-state index in [2.05, 4.69) is 5.32 Å². The third-order valence-electron chi connectivity index (χ3n) is 4.98. The molecule has 0 fully saturated rings. The van der Waals surface area contributed by atoms with E-state index in [9.17, 15) is 9.59 Å². The second kappa shape index (κ2) is 10.1. The van der Waals surface area contributed by atoms with Gasteiger partial charge in [0, 0.05) is 12.6 Å². The molecule has 0 spiro atoms. The van der Waals surface area contributed by atoms with Crippen LogP contribution in [0.25, 0.3) is 0 Å². The third kappa shape index (κ3) is 6.34. The van der Waals surface area contributed by atoms with E-state index < -0.39 is 6.04 Å². The summed E-state index contributed by atoms with van der Waals surface area (Å²) in [6.07, 6.45) is 0. The fraction of sp³-hybridized carbons (Fsp3) is 0.417. The molecule has 2 amide bonds.